The Hall–Kier alpha value is -2.07. The van der Waals surface area contributed by atoms with E-state index in [2.05, 4.69) is 11.4 Å². The summed E-state index contributed by atoms with van der Waals surface area (Å²) in [5.41, 5.74) is 1.23. The van der Waals surface area contributed by atoms with Gasteiger partial charge < -0.3 is 10.2 Å². The third kappa shape index (κ3) is 3.98. The monoisotopic (exact) mass is 321 g/mol. The SMILES string of the molecule is CN(C(=O)CCNc1ccccc1C#N)C1CCS(=O)(=O)C1. The van der Waals surface area contributed by atoms with Gasteiger partial charge in [-0.05, 0) is 18.6 Å². The number of sulfone groups is 1. The van der Waals surface area contributed by atoms with Crippen LogP contribution in [0.25, 0.3) is 0 Å². The summed E-state index contributed by atoms with van der Waals surface area (Å²) >= 11 is 0. The number of carbonyl (C=O) groups is 1. The second-order valence-corrected chi connectivity index (χ2v) is 7.62. The van der Waals surface area contributed by atoms with E-state index in [0.29, 0.717) is 24.2 Å². The van der Waals surface area contributed by atoms with Crippen molar-refractivity contribution in [2.24, 2.45) is 0 Å². The number of rotatable bonds is 5. The first-order valence-electron chi connectivity index (χ1n) is 7.12. The van der Waals surface area contributed by atoms with Crippen molar-refractivity contribution in [3.8, 4) is 6.07 Å². The van der Waals surface area contributed by atoms with Crippen LogP contribution in [0.5, 0.6) is 0 Å². The fourth-order valence-electron chi connectivity index (χ4n) is 2.50. The molecule has 1 aliphatic heterocycles. The van der Waals surface area contributed by atoms with Gasteiger partial charge in [0.05, 0.1) is 22.8 Å². The van der Waals surface area contributed by atoms with Crippen LogP contribution in [0.2, 0.25) is 0 Å². The minimum absolute atomic E-state index is 0.0555. The Morgan fingerprint density at radius 1 is 1.45 bits per heavy atom. The first kappa shape index (κ1) is 16.3. The van der Waals surface area contributed by atoms with E-state index in [9.17, 15) is 13.2 Å². The lowest BCUT2D eigenvalue weighted by Gasteiger charge is -2.23. The molecule has 1 heterocycles. The molecule has 1 fully saturated rings. The molecule has 7 heteroatoms. The molecule has 1 aliphatic rings. The average Bonchev–Trinajstić information content (AvgIpc) is 2.87. The topological polar surface area (TPSA) is 90.3 Å². The molecule has 0 aliphatic carbocycles. The zero-order valence-electron chi connectivity index (χ0n) is 12.4. The summed E-state index contributed by atoms with van der Waals surface area (Å²) in [5, 5.41) is 12.1. The summed E-state index contributed by atoms with van der Waals surface area (Å²) in [6.07, 6.45) is 0.766. The molecule has 1 aromatic rings. The molecule has 2 rings (SSSR count). The summed E-state index contributed by atoms with van der Waals surface area (Å²) in [7, 11) is -1.34. The standard InChI is InChI=1S/C15H19N3O3S/c1-18(13-7-9-22(20,21)11-13)15(19)6-8-17-14-5-3-2-4-12(14)10-16/h2-5,13,17H,6-9,11H2,1H3. The van der Waals surface area contributed by atoms with Crippen LogP contribution in [0.3, 0.4) is 0 Å². The van der Waals surface area contributed by atoms with Crippen molar-refractivity contribution < 1.29 is 13.2 Å². The maximum absolute atomic E-state index is 12.1. The van der Waals surface area contributed by atoms with Crippen LogP contribution in [0.15, 0.2) is 24.3 Å². The van der Waals surface area contributed by atoms with Crippen LogP contribution in [-0.2, 0) is 14.6 Å². The lowest BCUT2D eigenvalue weighted by atomic mass is 10.2. The van der Waals surface area contributed by atoms with Crippen LogP contribution in [0.4, 0.5) is 5.69 Å². The molecule has 1 atom stereocenters. The second kappa shape index (κ2) is 6.79. The predicted octanol–water partition coefficient (Wildman–Crippen LogP) is 1.01. The molecular formula is C15H19N3O3S. The van der Waals surface area contributed by atoms with Crippen LogP contribution in [0.1, 0.15) is 18.4 Å². The maximum atomic E-state index is 12.1. The largest absolute Gasteiger partial charge is 0.383 e. The van der Waals surface area contributed by atoms with Crippen LogP contribution >= 0.6 is 0 Å². The van der Waals surface area contributed by atoms with Crippen molar-refractivity contribution in [3.63, 3.8) is 0 Å². The minimum atomic E-state index is -2.99. The summed E-state index contributed by atoms with van der Waals surface area (Å²) in [5.74, 6) is 0.118. The minimum Gasteiger partial charge on any atom is -0.383 e. The Balaban J connectivity index is 1.84. The van der Waals surface area contributed by atoms with Crippen molar-refractivity contribution in [1.82, 2.24) is 4.90 Å². The van der Waals surface area contributed by atoms with Crippen molar-refractivity contribution in [1.29, 1.82) is 5.26 Å². The van der Waals surface area contributed by atoms with E-state index in [4.69, 9.17) is 5.26 Å². The lowest BCUT2D eigenvalue weighted by molar-refractivity contribution is -0.131. The van der Waals surface area contributed by atoms with Crippen LogP contribution in [0, 0.1) is 11.3 Å². The Kier molecular flexibility index (Phi) is 5.03. The van der Waals surface area contributed by atoms with Gasteiger partial charge in [0.15, 0.2) is 9.84 Å². The maximum Gasteiger partial charge on any atom is 0.224 e. The number of benzene rings is 1. The highest BCUT2D eigenvalue weighted by Crippen LogP contribution is 2.17. The first-order chi connectivity index (χ1) is 10.4. The molecule has 0 spiro atoms. The zero-order valence-corrected chi connectivity index (χ0v) is 13.3. The fraction of sp³-hybridized carbons (Fsp3) is 0.467. The highest BCUT2D eigenvalue weighted by atomic mass is 32.2. The number of hydrogen-bond donors (Lipinski definition) is 1. The molecular weight excluding hydrogens is 302 g/mol. The van der Waals surface area contributed by atoms with Gasteiger partial charge in [0.2, 0.25) is 5.91 Å². The highest BCUT2D eigenvalue weighted by Gasteiger charge is 2.32. The highest BCUT2D eigenvalue weighted by molar-refractivity contribution is 7.91. The van der Waals surface area contributed by atoms with Gasteiger partial charge in [-0.3, -0.25) is 4.79 Å². The van der Waals surface area contributed by atoms with E-state index in [0.717, 1.165) is 0 Å². The van der Waals surface area contributed by atoms with Gasteiger partial charge in [0.1, 0.15) is 6.07 Å². The lowest BCUT2D eigenvalue weighted by Crippen LogP contribution is -2.38. The van der Waals surface area contributed by atoms with Crippen molar-refractivity contribution in [2.75, 3.05) is 30.4 Å². The van der Waals surface area contributed by atoms with Gasteiger partial charge in [0, 0.05) is 26.1 Å². The van der Waals surface area contributed by atoms with E-state index < -0.39 is 9.84 Å². The zero-order chi connectivity index (χ0) is 16.2. The molecule has 1 unspecified atom stereocenters. The van der Waals surface area contributed by atoms with Crippen molar-refractivity contribution in [3.05, 3.63) is 29.8 Å². The van der Waals surface area contributed by atoms with Crippen molar-refractivity contribution in [2.45, 2.75) is 18.9 Å². The molecule has 6 nitrogen and oxygen atoms in total. The molecule has 0 saturated carbocycles. The molecule has 0 radical (unpaired) electrons. The third-order valence-corrected chi connectivity index (χ3v) is 5.60. The smallest absolute Gasteiger partial charge is 0.224 e. The molecule has 1 amide bonds. The van der Waals surface area contributed by atoms with E-state index in [-0.39, 0.29) is 29.9 Å². The van der Waals surface area contributed by atoms with Gasteiger partial charge in [-0.15, -0.1) is 0 Å². The molecule has 1 saturated heterocycles. The van der Waals surface area contributed by atoms with E-state index in [1.165, 1.54) is 4.90 Å². The number of hydrogen-bond acceptors (Lipinski definition) is 5. The van der Waals surface area contributed by atoms with Gasteiger partial charge in [0.25, 0.3) is 0 Å². The summed E-state index contributed by atoms with van der Waals surface area (Å²) in [4.78, 5) is 13.6. The molecule has 118 valence electrons. The molecule has 1 aromatic carbocycles. The Labute approximate surface area is 130 Å². The second-order valence-electron chi connectivity index (χ2n) is 5.40. The quantitative estimate of drug-likeness (QED) is 0.874. The molecule has 0 aromatic heterocycles. The van der Waals surface area contributed by atoms with Crippen LogP contribution in [-0.4, -0.2) is 50.4 Å². The number of carbonyl (C=O) groups excluding carboxylic acids is 1. The van der Waals surface area contributed by atoms with Gasteiger partial charge in [-0.1, -0.05) is 12.1 Å². The van der Waals surface area contributed by atoms with Gasteiger partial charge in [-0.2, -0.15) is 5.26 Å². The Morgan fingerprint density at radius 3 is 2.82 bits per heavy atom. The summed E-state index contributed by atoms with van der Waals surface area (Å²) < 4.78 is 22.9. The van der Waals surface area contributed by atoms with Crippen LogP contribution < -0.4 is 5.32 Å². The Morgan fingerprint density at radius 2 is 2.18 bits per heavy atom. The Bertz CT molecular complexity index is 694. The third-order valence-electron chi connectivity index (χ3n) is 3.85. The summed E-state index contributed by atoms with van der Waals surface area (Å²) in [6.45, 7) is 0.404. The molecule has 0 bridgehead atoms. The molecule has 22 heavy (non-hydrogen) atoms. The number of amides is 1. The van der Waals surface area contributed by atoms with Crippen molar-refractivity contribution >= 4 is 21.4 Å². The fourth-order valence-corrected chi connectivity index (χ4v) is 4.27. The summed E-state index contributed by atoms with van der Waals surface area (Å²) in [6, 6.07) is 8.96. The predicted molar refractivity (Wildman–Crippen MR) is 84.1 cm³/mol. The van der Waals surface area contributed by atoms with E-state index in [1.807, 2.05) is 6.07 Å². The van der Waals surface area contributed by atoms with Gasteiger partial charge in [-0.25, -0.2) is 8.42 Å². The number of nitriles is 1. The number of nitrogens with one attached hydrogen (secondary N) is 1. The normalized spacial score (nSPS) is 19.4. The number of nitrogens with zero attached hydrogens (tertiary/aromatic N) is 2. The van der Waals surface area contributed by atoms with E-state index in [1.54, 1.807) is 25.2 Å². The number of para-hydroxylation sites is 1. The van der Waals surface area contributed by atoms with E-state index >= 15 is 0 Å². The first-order valence-corrected chi connectivity index (χ1v) is 8.94. The average molecular weight is 321 g/mol. The molecule has 1 N–H and O–H groups in total. The number of anilines is 1. The van der Waals surface area contributed by atoms with Gasteiger partial charge >= 0.3 is 0 Å².